The van der Waals surface area contributed by atoms with Gasteiger partial charge in [0.15, 0.2) is 0 Å². The minimum absolute atomic E-state index is 0.246. The maximum absolute atomic E-state index is 8.34. The van der Waals surface area contributed by atoms with Gasteiger partial charge in [-0.2, -0.15) is 0 Å². The van der Waals surface area contributed by atoms with Crippen molar-refractivity contribution in [1.29, 1.82) is 0 Å². The van der Waals surface area contributed by atoms with Gasteiger partial charge in [0, 0.05) is 23.1 Å². The van der Waals surface area contributed by atoms with Crippen LogP contribution >= 0.6 is 27.5 Å². The summed E-state index contributed by atoms with van der Waals surface area (Å²) in [6, 6.07) is 5.66. The van der Waals surface area contributed by atoms with Crippen LogP contribution in [0.4, 0.5) is 5.69 Å². The van der Waals surface area contributed by atoms with E-state index >= 15 is 0 Å². The topological polar surface area (TPSA) is 70.6 Å². The van der Waals surface area contributed by atoms with Gasteiger partial charge in [-0.25, -0.2) is 0 Å². The average molecular weight is 307 g/mol. The fraction of sp³-hybridized carbons (Fsp3) is 0.300. The van der Waals surface area contributed by atoms with E-state index < -0.39 is 0 Å². The first-order valence-electron chi connectivity index (χ1n) is 4.79. The Balaban J connectivity index is 2.35. The molecule has 0 atom stereocenters. The molecule has 4 nitrogen and oxygen atoms in total. The number of oxime groups is 1. The highest BCUT2D eigenvalue weighted by Crippen LogP contribution is 2.25. The van der Waals surface area contributed by atoms with E-state index in [-0.39, 0.29) is 5.84 Å². The fourth-order valence-electron chi connectivity index (χ4n) is 1.16. The molecule has 0 aliphatic rings. The molecule has 16 heavy (non-hydrogen) atoms. The number of anilines is 1. The minimum Gasteiger partial charge on any atom is -0.409 e. The molecule has 0 saturated carbocycles. The second-order valence-electron chi connectivity index (χ2n) is 3.25. The highest BCUT2D eigenvalue weighted by atomic mass is 79.9. The Kier molecular flexibility index (Phi) is 5.42. The first-order valence-corrected chi connectivity index (χ1v) is 5.96. The number of benzene rings is 1. The highest BCUT2D eigenvalue weighted by Gasteiger charge is 1.99. The first-order chi connectivity index (χ1) is 7.63. The fourth-order valence-corrected chi connectivity index (χ4v) is 1.59. The Morgan fingerprint density at radius 3 is 2.94 bits per heavy atom. The maximum atomic E-state index is 8.34. The largest absolute Gasteiger partial charge is 0.409 e. The van der Waals surface area contributed by atoms with Gasteiger partial charge in [0.25, 0.3) is 0 Å². The van der Waals surface area contributed by atoms with Crippen molar-refractivity contribution < 1.29 is 5.21 Å². The van der Waals surface area contributed by atoms with Gasteiger partial charge in [-0.05, 0) is 40.5 Å². The van der Waals surface area contributed by atoms with Gasteiger partial charge in [0.1, 0.15) is 5.84 Å². The van der Waals surface area contributed by atoms with Crippen LogP contribution in [0.3, 0.4) is 0 Å². The molecule has 6 heteroatoms. The molecule has 1 aromatic carbocycles. The average Bonchev–Trinajstić information content (AvgIpc) is 2.28. The molecular formula is C10H13BrClN3O. The smallest absolute Gasteiger partial charge is 0.139 e. The molecule has 0 aliphatic carbocycles. The van der Waals surface area contributed by atoms with E-state index in [0.29, 0.717) is 11.4 Å². The van der Waals surface area contributed by atoms with Gasteiger partial charge < -0.3 is 16.3 Å². The highest BCUT2D eigenvalue weighted by molar-refractivity contribution is 9.10. The Morgan fingerprint density at radius 1 is 1.56 bits per heavy atom. The molecular weight excluding hydrogens is 293 g/mol. The summed E-state index contributed by atoms with van der Waals surface area (Å²) in [5, 5.41) is 15.1. The van der Waals surface area contributed by atoms with Crippen molar-refractivity contribution in [3.05, 3.63) is 27.7 Å². The zero-order valence-electron chi connectivity index (χ0n) is 8.58. The van der Waals surface area contributed by atoms with Crippen molar-refractivity contribution in [2.24, 2.45) is 10.9 Å². The minimum atomic E-state index is 0.246. The van der Waals surface area contributed by atoms with Gasteiger partial charge in [-0.3, -0.25) is 0 Å². The van der Waals surface area contributed by atoms with E-state index in [1.165, 1.54) is 0 Å². The monoisotopic (exact) mass is 305 g/mol. The normalized spacial score (nSPS) is 11.5. The van der Waals surface area contributed by atoms with Crippen LogP contribution < -0.4 is 11.1 Å². The van der Waals surface area contributed by atoms with Crippen LogP contribution in [0.2, 0.25) is 5.02 Å². The van der Waals surface area contributed by atoms with Crippen LogP contribution in [0.15, 0.2) is 27.8 Å². The van der Waals surface area contributed by atoms with Crippen molar-refractivity contribution in [2.45, 2.75) is 12.8 Å². The molecule has 0 radical (unpaired) electrons. The second kappa shape index (κ2) is 6.60. The summed E-state index contributed by atoms with van der Waals surface area (Å²) >= 11 is 9.26. The molecule has 0 unspecified atom stereocenters. The predicted molar refractivity (Wildman–Crippen MR) is 70.3 cm³/mol. The molecule has 0 spiro atoms. The zero-order chi connectivity index (χ0) is 12.0. The lowest BCUT2D eigenvalue weighted by Crippen LogP contribution is -2.13. The predicted octanol–water partition coefficient (Wildman–Crippen LogP) is 3.04. The number of halogens is 2. The molecule has 0 bridgehead atoms. The number of hydrogen-bond acceptors (Lipinski definition) is 3. The molecule has 1 aromatic rings. The second-order valence-corrected chi connectivity index (χ2v) is 4.51. The number of rotatable bonds is 5. The van der Waals surface area contributed by atoms with Crippen molar-refractivity contribution in [3.63, 3.8) is 0 Å². The zero-order valence-corrected chi connectivity index (χ0v) is 10.9. The number of nitrogens with one attached hydrogen (secondary N) is 1. The van der Waals surface area contributed by atoms with E-state index in [2.05, 4.69) is 26.4 Å². The Morgan fingerprint density at radius 2 is 2.31 bits per heavy atom. The summed E-state index contributed by atoms with van der Waals surface area (Å²) in [6.45, 7) is 0.744. The third-order valence-corrected chi connectivity index (χ3v) is 3.22. The quantitative estimate of drug-likeness (QED) is 0.257. The van der Waals surface area contributed by atoms with E-state index in [9.17, 15) is 0 Å². The van der Waals surface area contributed by atoms with Crippen molar-refractivity contribution >= 4 is 39.1 Å². The molecule has 0 aliphatic heterocycles. The molecule has 0 saturated heterocycles. The molecule has 0 aromatic heterocycles. The summed E-state index contributed by atoms with van der Waals surface area (Å²) in [5.74, 6) is 0.246. The van der Waals surface area contributed by atoms with Gasteiger partial charge in [0.2, 0.25) is 0 Å². The van der Waals surface area contributed by atoms with Crippen molar-refractivity contribution in [3.8, 4) is 0 Å². The van der Waals surface area contributed by atoms with Crippen molar-refractivity contribution in [2.75, 3.05) is 11.9 Å². The molecule has 0 fully saturated rings. The van der Waals surface area contributed by atoms with Crippen LogP contribution in [-0.2, 0) is 0 Å². The standard InChI is InChI=1S/C10H13BrClN3O/c11-8-4-3-7(6-9(8)12)14-5-1-2-10(13)15-16/h3-4,6,14,16H,1-2,5H2,(H2,13,15). The van der Waals surface area contributed by atoms with Crippen molar-refractivity contribution in [1.82, 2.24) is 0 Å². The molecule has 0 amide bonds. The number of nitrogens with zero attached hydrogens (tertiary/aromatic N) is 1. The summed E-state index contributed by atoms with van der Waals surface area (Å²) < 4.78 is 0.872. The van der Waals surface area contributed by atoms with E-state index in [1.807, 2.05) is 18.2 Å². The Hall–Kier alpha value is -0.940. The summed E-state index contributed by atoms with van der Waals surface area (Å²) in [4.78, 5) is 0. The third-order valence-electron chi connectivity index (χ3n) is 1.99. The van der Waals surface area contributed by atoms with Gasteiger partial charge in [-0.15, -0.1) is 0 Å². The summed E-state index contributed by atoms with van der Waals surface area (Å²) in [5.41, 5.74) is 6.29. The molecule has 1 rings (SSSR count). The van der Waals surface area contributed by atoms with Crippen LogP contribution in [0.1, 0.15) is 12.8 Å². The van der Waals surface area contributed by atoms with Crippen LogP contribution in [-0.4, -0.2) is 17.6 Å². The lowest BCUT2D eigenvalue weighted by Gasteiger charge is -2.06. The number of hydrogen-bond donors (Lipinski definition) is 3. The van der Waals surface area contributed by atoms with E-state index in [4.69, 9.17) is 22.5 Å². The van der Waals surface area contributed by atoms with Gasteiger partial charge >= 0.3 is 0 Å². The van der Waals surface area contributed by atoms with Crippen LogP contribution in [0, 0.1) is 0 Å². The third kappa shape index (κ3) is 4.28. The van der Waals surface area contributed by atoms with Gasteiger partial charge in [0.05, 0.1) is 5.02 Å². The summed E-state index contributed by atoms with van der Waals surface area (Å²) in [7, 11) is 0. The first kappa shape index (κ1) is 13.1. The molecule has 0 heterocycles. The van der Waals surface area contributed by atoms with Crippen LogP contribution in [0.5, 0.6) is 0 Å². The summed E-state index contributed by atoms with van der Waals surface area (Å²) in [6.07, 6.45) is 1.36. The molecule has 88 valence electrons. The maximum Gasteiger partial charge on any atom is 0.139 e. The SMILES string of the molecule is N/C(CCCNc1ccc(Br)c(Cl)c1)=N/O. The Bertz CT molecular complexity index is 384. The molecule has 4 N–H and O–H groups in total. The lowest BCUT2D eigenvalue weighted by molar-refractivity contribution is 0.316. The van der Waals surface area contributed by atoms with Crippen LogP contribution in [0.25, 0.3) is 0 Å². The lowest BCUT2D eigenvalue weighted by atomic mass is 10.2. The van der Waals surface area contributed by atoms with Gasteiger partial charge in [-0.1, -0.05) is 16.8 Å². The number of nitrogens with two attached hydrogens (primary N) is 1. The van der Waals surface area contributed by atoms with E-state index in [0.717, 1.165) is 23.1 Å². The number of amidine groups is 1. The Labute approximate surface area is 108 Å². The van der Waals surface area contributed by atoms with E-state index in [1.54, 1.807) is 0 Å².